The highest BCUT2D eigenvalue weighted by Crippen LogP contribution is 2.41. The Hall–Kier alpha value is -8.40. The van der Waals surface area contributed by atoms with E-state index < -0.39 is 0 Å². The Morgan fingerprint density at radius 3 is 1.32 bits per heavy atom. The van der Waals surface area contributed by atoms with E-state index in [2.05, 4.69) is 240 Å². The summed E-state index contributed by atoms with van der Waals surface area (Å²) >= 11 is 0. The highest BCUT2D eigenvalue weighted by Gasteiger charge is 2.18. The molecule has 0 aliphatic carbocycles. The van der Waals surface area contributed by atoms with Gasteiger partial charge in [0, 0.05) is 49.7 Å². The van der Waals surface area contributed by atoms with Crippen LogP contribution in [0.25, 0.3) is 93.9 Å². The molecule has 3 nitrogen and oxygen atoms in total. The lowest BCUT2D eigenvalue weighted by Crippen LogP contribution is -2.09. The van der Waals surface area contributed by atoms with E-state index in [0.29, 0.717) is 0 Å². The number of furan rings is 1. The Morgan fingerprint density at radius 2 is 0.698 bits per heavy atom. The minimum absolute atomic E-state index is 0.912. The Bertz CT molecular complexity index is 3530. The molecule has 0 atom stereocenters. The first-order valence-corrected chi connectivity index (χ1v) is 21.5. The molecule has 0 fully saturated rings. The van der Waals surface area contributed by atoms with Crippen LogP contribution in [0.2, 0.25) is 0 Å². The van der Waals surface area contributed by atoms with Crippen LogP contribution in [0.15, 0.2) is 247 Å². The van der Waals surface area contributed by atoms with E-state index in [1.807, 2.05) is 12.1 Å². The topological polar surface area (TPSA) is 21.3 Å². The third-order valence-corrected chi connectivity index (χ3v) is 12.5. The summed E-state index contributed by atoms with van der Waals surface area (Å²) in [6, 6.07) is 87.0. The van der Waals surface area contributed by atoms with Gasteiger partial charge in [-0.05, 0) is 94.0 Å². The maximum absolute atomic E-state index is 6.36. The smallest absolute Gasteiger partial charge is 0.143 e. The first kappa shape index (κ1) is 36.5. The Morgan fingerprint density at radius 1 is 0.286 bits per heavy atom. The van der Waals surface area contributed by atoms with Gasteiger partial charge in [0.15, 0.2) is 0 Å². The van der Waals surface area contributed by atoms with Crippen LogP contribution in [0.1, 0.15) is 0 Å². The molecule has 63 heavy (non-hydrogen) atoms. The number of rotatable bonds is 8. The molecule has 2 aromatic heterocycles. The van der Waals surface area contributed by atoms with Crippen molar-refractivity contribution >= 4 is 60.8 Å². The molecule has 0 spiro atoms. The molecule has 12 rings (SSSR count). The minimum atomic E-state index is 0.912. The summed E-state index contributed by atoms with van der Waals surface area (Å²) < 4.78 is 8.77. The number of hydrogen-bond acceptors (Lipinski definition) is 2. The van der Waals surface area contributed by atoms with Crippen LogP contribution in [0, 0.1) is 0 Å². The number of nitrogens with zero attached hydrogens (tertiary/aromatic N) is 2. The second-order valence-corrected chi connectivity index (χ2v) is 16.1. The van der Waals surface area contributed by atoms with Gasteiger partial charge in [-0.2, -0.15) is 0 Å². The zero-order valence-corrected chi connectivity index (χ0v) is 34.4. The molecule has 296 valence electrons. The first-order valence-electron chi connectivity index (χ1n) is 21.5. The SMILES string of the molecule is c1ccc(-c2ccc(N(c3ccc(-c4ccc(-c5cccc6c5oc5ccccc56)cc4)cc3)c3ccc(-c4ccccc4-n4c5ccccc5c5ccccc54)cc3)cc2)cc1. The van der Waals surface area contributed by atoms with Crippen molar-refractivity contribution < 1.29 is 4.42 Å². The molecule has 0 saturated heterocycles. The second-order valence-electron chi connectivity index (χ2n) is 16.1. The average molecular weight is 805 g/mol. The van der Waals surface area contributed by atoms with E-state index in [9.17, 15) is 0 Å². The summed E-state index contributed by atoms with van der Waals surface area (Å²) in [7, 11) is 0. The summed E-state index contributed by atoms with van der Waals surface area (Å²) in [6.45, 7) is 0. The maximum atomic E-state index is 6.36. The van der Waals surface area contributed by atoms with E-state index in [1.54, 1.807) is 0 Å². The van der Waals surface area contributed by atoms with E-state index in [1.165, 1.54) is 38.5 Å². The number of fused-ring (bicyclic) bond motifs is 6. The van der Waals surface area contributed by atoms with Crippen LogP contribution < -0.4 is 4.90 Å². The van der Waals surface area contributed by atoms with E-state index in [4.69, 9.17) is 4.42 Å². The molecule has 0 amide bonds. The Labute approximate surface area is 366 Å². The van der Waals surface area contributed by atoms with Crippen molar-refractivity contribution in [2.75, 3.05) is 4.90 Å². The monoisotopic (exact) mass is 804 g/mol. The molecule has 0 bridgehead atoms. The van der Waals surface area contributed by atoms with Crippen molar-refractivity contribution in [2.45, 2.75) is 0 Å². The van der Waals surface area contributed by atoms with Gasteiger partial charge >= 0.3 is 0 Å². The van der Waals surface area contributed by atoms with Gasteiger partial charge in [0.25, 0.3) is 0 Å². The van der Waals surface area contributed by atoms with Gasteiger partial charge in [-0.15, -0.1) is 0 Å². The average Bonchev–Trinajstić information content (AvgIpc) is 3.91. The quantitative estimate of drug-likeness (QED) is 0.153. The van der Waals surface area contributed by atoms with E-state index in [-0.39, 0.29) is 0 Å². The van der Waals surface area contributed by atoms with Crippen molar-refractivity contribution in [2.24, 2.45) is 0 Å². The lowest BCUT2D eigenvalue weighted by Gasteiger charge is -2.26. The molecule has 0 N–H and O–H groups in total. The van der Waals surface area contributed by atoms with Gasteiger partial charge in [-0.3, -0.25) is 0 Å². The fraction of sp³-hybridized carbons (Fsp3) is 0. The number of benzene rings is 10. The van der Waals surface area contributed by atoms with Gasteiger partial charge < -0.3 is 13.9 Å². The van der Waals surface area contributed by atoms with Crippen molar-refractivity contribution in [3.63, 3.8) is 0 Å². The van der Waals surface area contributed by atoms with Crippen molar-refractivity contribution in [3.8, 4) is 50.2 Å². The number of hydrogen-bond donors (Lipinski definition) is 0. The number of para-hydroxylation sites is 5. The Kier molecular flexibility index (Phi) is 8.83. The predicted octanol–water partition coefficient (Wildman–Crippen LogP) is 16.8. The highest BCUT2D eigenvalue weighted by atomic mass is 16.3. The molecular weight excluding hydrogens is 765 g/mol. The van der Waals surface area contributed by atoms with Gasteiger partial charge in [-0.25, -0.2) is 0 Å². The van der Waals surface area contributed by atoms with Crippen molar-refractivity contribution in [1.29, 1.82) is 0 Å². The fourth-order valence-electron chi connectivity index (χ4n) is 9.39. The minimum Gasteiger partial charge on any atom is -0.455 e. The maximum Gasteiger partial charge on any atom is 0.143 e. The van der Waals surface area contributed by atoms with Crippen LogP contribution in [0.5, 0.6) is 0 Å². The molecule has 10 aromatic carbocycles. The van der Waals surface area contributed by atoms with E-state index >= 15 is 0 Å². The largest absolute Gasteiger partial charge is 0.455 e. The zero-order chi connectivity index (χ0) is 41.7. The van der Waals surface area contributed by atoms with Crippen molar-refractivity contribution in [3.05, 3.63) is 243 Å². The fourth-order valence-corrected chi connectivity index (χ4v) is 9.39. The summed E-state index contributed by atoms with van der Waals surface area (Å²) in [5.41, 5.74) is 17.9. The van der Waals surface area contributed by atoms with E-state index in [0.717, 1.165) is 72.5 Å². The molecule has 0 saturated carbocycles. The third kappa shape index (κ3) is 6.38. The van der Waals surface area contributed by atoms with Crippen LogP contribution in [-0.2, 0) is 0 Å². The Balaban J connectivity index is 0.898. The summed E-state index contributed by atoms with van der Waals surface area (Å²) in [5, 5.41) is 4.80. The predicted molar refractivity (Wildman–Crippen MR) is 264 cm³/mol. The second kappa shape index (κ2) is 15.3. The summed E-state index contributed by atoms with van der Waals surface area (Å²) in [5.74, 6) is 0. The molecule has 0 radical (unpaired) electrons. The normalized spacial score (nSPS) is 11.5. The number of aromatic nitrogens is 1. The van der Waals surface area contributed by atoms with Crippen LogP contribution in [0.4, 0.5) is 17.1 Å². The molecular formula is C60H40N2O. The molecule has 2 heterocycles. The summed E-state index contributed by atoms with van der Waals surface area (Å²) in [6.07, 6.45) is 0. The first-order chi connectivity index (χ1) is 31.2. The number of anilines is 3. The van der Waals surface area contributed by atoms with Gasteiger partial charge in [0.05, 0.1) is 16.7 Å². The van der Waals surface area contributed by atoms with Gasteiger partial charge in [-0.1, -0.05) is 182 Å². The lowest BCUT2D eigenvalue weighted by atomic mass is 9.98. The third-order valence-electron chi connectivity index (χ3n) is 12.5. The van der Waals surface area contributed by atoms with Crippen LogP contribution in [-0.4, -0.2) is 4.57 Å². The molecule has 0 unspecified atom stereocenters. The highest BCUT2D eigenvalue weighted by molar-refractivity contribution is 6.10. The van der Waals surface area contributed by atoms with Crippen molar-refractivity contribution in [1.82, 2.24) is 4.57 Å². The van der Waals surface area contributed by atoms with Gasteiger partial charge in [0.2, 0.25) is 0 Å². The lowest BCUT2D eigenvalue weighted by molar-refractivity contribution is 0.670. The molecule has 12 aromatic rings. The van der Waals surface area contributed by atoms with Crippen LogP contribution in [0.3, 0.4) is 0 Å². The van der Waals surface area contributed by atoms with Gasteiger partial charge in [0.1, 0.15) is 11.2 Å². The summed E-state index contributed by atoms with van der Waals surface area (Å²) in [4.78, 5) is 2.35. The standard InChI is InChI=1S/C60H40N2O/c1-2-13-41(14-3-1)43-29-35-47(36-30-43)61(48-37-31-44(32-38-48)42-25-27-46(28-26-42)51-19-12-20-55-54-18-7-11-24-59(54)63-60(51)55)49-39-33-45(34-40-49)50-15-4-8-21-56(50)62-57-22-9-5-16-52(57)53-17-6-10-23-58(53)62/h1-40H. The van der Waals surface area contributed by atoms with Crippen LogP contribution >= 0.6 is 0 Å². The molecule has 0 aliphatic heterocycles. The molecule has 3 heteroatoms. The molecule has 0 aliphatic rings. The zero-order valence-electron chi connectivity index (χ0n) is 34.4.